The lowest BCUT2D eigenvalue weighted by molar-refractivity contribution is 0.321. The van der Waals surface area contributed by atoms with Gasteiger partial charge in [-0.2, -0.15) is 0 Å². The standard InChI is InChI=1S/C15H14O2/c1-15(11-16-15)13-9-5-6-10-14(13)17-12-7-3-2-4-8-12/h2-10H,11H2,1H3. The predicted molar refractivity (Wildman–Crippen MR) is 66.3 cm³/mol. The monoisotopic (exact) mass is 226 g/mol. The van der Waals surface area contributed by atoms with Gasteiger partial charge in [0.1, 0.15) is 17.1 Å². The second-order valence-corrected chi connectivity index (χ2v) is 4.43. The molecule has 0 radical (unpaired) electrons. The summed E-state index contributed by atoms with van der Waals surface area (Å²) in [6.07, 6.45) is 0. The summed E-state index contributed by atoms with van der Waals surface area (Å²) in [6, 6.07) is 17.8. The van der Waals surface area contributed by atoms with Gasteiger partial charge in [0.2, 0.25) is 0 Å². The lowest BCUT2D eigenvalue weighted by atomic mass is 10.0. The highest BCUT2D eigenvalue weighted by molar-refractivity contribution is 5.42. The molecular formula is C15H14O2. The zero-order valence-corrected chi connectivity index (χ0v) is 9.72. The van der Waals surface area contributed by atoms with Crippen LogP contribution in [0.15, 0.2) is 54.6 Å². The van der Waals surface area contributed by atoms with Gasteiger partial charge in [0, 0.05) is 5.56 Å². The quantitative estimate of drug-likeness (QED) is 0.744. The molecule has 2 heteroatoms. The van der Waals surface area contributed by atoms with Crippen LogP contribution in [0.25, 0.3) is 0 Å². The van der Waals surface area contributed by atoms with Crippen LogP contribution in [0.4, 0.5) is 0 Å². The van der Waals surface area contributed by atoms with E-state index in [1.807, 2.05) is 48.5 Å². The maximum Gasteiger partial charge on any atom is 0.133 e. The van der Waals surface area contributed by atoms with Gasteiger partial charge in [-0.05, 0) is 25.1 Å². The van der Waals surface area contributed by atoms with E-state index in [0.717, 1.165) is 23.7 Å². The van der Waals surface area contributed by atoms with Crippen molar-refractivity contribution >= 4 is 0 Å². The van der Waals surface area contributed by atoms with Crippen molar-refractivity contribution in [2.45, 2.75) is 12.5 Å². The van der Waals surface area contributed by atoms with Crippen LogP contribution in [-0.4, -0.2) is 6.61 Å². The van der Waals surface area contributed by atoms with E-state index in [1.165, 1.54) is 0 Å². The molecule has 1 aliphatic heterocycles. The molecule has 2 aromatic rings. The van der Waals surface area contributed by atoms with Crippen molar-refractivity contribution in [3.63, 3.8) is 0 Å². The van der Waals surface area contributed by atoms with Gasteiger partial charge in [0.25, 0.3) is 0 Å². The molecule has 0 spiro atoms. The molecule has 1 saturated heterocycles. The van der Waals surface area contributed by atoms with Crippen LogP contribution in [-0.2, 0) is 10.3 Å². The first-order chi connectivity index (χ1) is 8.28. The SMILES string of the molecule is CC1(c2ccccc2Oc2ccccc2)CO1. The predicted octanol–water partition coefficient (Wildman–Crippen LogP) is 3.72. The van der Waals surface area contributed by atoms with E-state index in [4.69, 9.17) is 9.47 Å². The van der Waals surface area contributed by atoms with Gasteiger partial charge in [-0.3, -0.25) is 0 Å². The van der Waals surface area contributed by atoms with Gasteiger partial charge in [-0.15, -0.1) is 0 Å². The molecule has 0 aliphatic carbocycles. The van der Waals surface area contributed by atoms with Crippen molar-refractivity contribution in [3.05, 3.63) is 60.2 Å². The molecule has 1 atom stereocenters. The molecule has 0 saturated carbocycles. The summed E-state index contributed by atoms with van der Waals surface area (Å²) in [5, 5.41) is 0. The molecule has 1 unspecified atom stereocenters. The molecule has 1 fully saturated rings. The minimum Gasteiger partial charge on any atom is -0.457 e. The van der Waals surface area contributed by atoms with Gasteiger partial charge < -0.3 is 9.47 Å². The first-order valence-electron chi connectivity index (χ1n) is 5.74. The zero-order valence-electron chi connectivity index (χ0n) is 9.72. The summed E-state index contributed by atoms with van der Waals surface area (Å²) in [4.78, 5) is 0. The Morgan fingerprint density at radius 1 is 1.00 bits per heavy atom. The number of hydrogen-bond acceptors (Lipinski definition) is 2. The lowest BCUT2D eigenvalue weighted by Gasteiger charge is -2.13. The first-order valence-corrected chi connectivity index (χ1v) is 5.74. The van der Waals surface area contributed by atoms with E-state index in [9.17, 15) is 0 Å². The Labute approximate surface area is 101 Å². The number of rotatable bonds is 3. The van der Waals surface area contributed by atoms with Crippen LogP contribution in [0, 0.1) is 0 Å². The molecule has 0 bridgehead atoms. The average molecular weight is 226 g/mol. The maximum absolute atomic E-state index is 5.90. The molecular weight excluding hydrogens is 212 g/mol. The number of ether oxygens (including phenoxy) is 2. The van der Waals surface area contributed by atoms with E-state index in [0.29, 0.717) is 0 Å². The second-order valence-electron chi connectivity index (χ2n) is 4.43. The molecule has 1 aliphatic rings. The van der Waals surface area contributed by atoms with E-state index < -0.39 is 0 Å². The molecule has 86 valence electrons. The largest absolute Gasteiger partial charge is 0.457 e. The van der Waals surface area contributed by atoms with Gasteiger partial charge in [-0.25, -0.2) is 0 Å². The third-order valence-electron chi connectivity index (χ3n) is 3.01. The molecule has 0 amide bonds. The summed E-state index contributed by atoms with van der Waals surface area (Å²) < 4.78 is 11.4. The topological polar surface area (TPSA) is 21.8 Å². The molecule has 2 aromatic carbocycles. The smallest absolute Gasteiger partial charge is 0.133 e. The van der Waals surface area contributed by atoms with E-state index in [2.05, 4.69) is 13.0 Å². The zero-order chi connectivity index (χ0) is 11.7. The number of hydrogen-bond donors (Lipinski definition) is 0. The average Bonchev–Trinajstić information content (AvgIpc) is 3.10. The van der Waals surface area contributed by atoms with Crippen molar-refractivity contribution < 1.29 is 9.47 Å². The summed E-state index contributed by atoms with van der Waals surface area (Å²) in [6.45, 7) is 2.85. The number of epoxide rings is 1. The Bertz CT molecular complexity index is 515. The molecule has 2 nitrogen and oxygen atoms in total. The Balaban J connectivity index is 1.93. The maximum atomic E-state index is 5.90. The van der Waals surface area contributed by atoms with Crippen LogP contribution in [0.2, 0.25) is 0 Å². The Hall–Kier alpha value is -1.80. The fraction of sp³-hybridized carbons (Fsp3) is 0.200. The molecule has 17 heavy (non-hydrogen) atoms. The highest BCUT2D eigenvalue weighted by Crippen LogP contribution is 2.43. The molecule has 0 N–H and O–H groups in total. The number of para-hydroxylation sites is 2. The van der Waals surface area contributed by atoms with Crippen LogP contribution in [0.1, 0.15) is 12.5 Å². The first kappa shape index (κ1) is 10.4. The van der Waals surface area contributed by atoms with Gasteiger partial charge in [0.15, 0.2) is 0 Å². The third kappa shape index (κ3) is 2.04. The fourth-order valence-corrected chi connectivity index (χ4v) is 1.87. The van der Waals surface area contributed by atoms with Gasteiger partial charge >= 0.3 is 0 Å². The van der Waals surface area contributed by atoms with Crippen LogP contribution < -0.4 is 4.74 Å². The van der Waals surface area contributed by atoms with E-state index in [-0.39, 0.29) is 5.60 Å². The molecule has 0 aromatic heterocycles. The molecule has 3 rings (SSSR count). The van der Waals surface area contributed by atoms with Crippen molar-refractivity contribution in [2.24, 2.45) is 0 Å². The third-order valence-corrected chi connectivity index (χ3v) is 3.01. The molecule has 1 heterocycles. The van der Waals surface area contributed by atoms with Gasteiger partial charge in [0.05, 0.1) is 6.61 Å². The highest BCUT2D eigenvalue weighted by atomic mass is 16.6. The summed E-state index contributed by atoms with van der Waals surface area (Å²) in [5.41, 5.74) is 0.953. The highest BCUT2D eigenvalue weighted by Gasteiger charge is 2.43. The van der Waals surface area contributed by atoms with Crippen LogP contribution in [0.5, 0.6) is 11.5 Å². The Kier molecular flexibility index (Phi) is 2.37. The Morgan fingerprint density at radius 2 is 1.65 bits per heavy atom. The minimum absolute atomic E-state index is 0.161. The van der Waals surface area contributed by atoms with Crippen molar-refractivity contribution in [2.75, 3.05) is 6.61 Å². The Morgan fingerprint density at radius 3 is 2.35 bits per heavy atom. The van der Waals surface area contributed by atoms with E-state index in [1.54, 1.807) is 0 Å². The fourth-order valence-electron chi connectivity index (χ4n) is 1.87. The van der Waals surface area contributed by atoms with Crippen molar-refractivity contribution in [1.29, 1.82) is 0 Å². The summed E-state index contributed by atoms with van der Waals surface area (Å²) >= 11 is 0. The minimum atomic E-state index is -0.161. The second kappa shape index (κ2) is 3.90. The summed E-state index contributed by atoms with van der Waals surface area (Å²) in [5.74, 6) is 1.72. The lowest BCUT2D eigenvalue weighted by Crippen LogP contribution is -2.04. The van der Waals surface area contributed by atoms with Gasteiger partial charge in [-0.1, -0.05) is 36.4 Å². The van der Waals surface area contributed by atoms with Crippen molar-refractivity contribution in [3.8, 4) is 11.5 Å². The van der Waals surface area contributed by atoms with Crippen LogP contribution in [0.3, 0.4) is 0 Å². The number of benzene rings is 2. The normalized spacial score (nSPS) is 22.2. The van der Waals surface area contributed by atoms with E-state index >= 15 is 0 Å². The summed E-state index contributed by atoms with van der Waals surface area (Å²) in [7, 11) is 0. The van der Waals surface area contributed by atoms with Crippen LogP contribution >= 0.6 is 0 Å². The van der Waals surface area contributed by atoms with Crippen molar-refractivity contribution in [1.82, 2.24) is 0 Å².